The van der Waals surface area contributed by atoms with Gasteiger partial charge in [-0.05, 0) is 58.4 Å². The molecular weight excluding hydrogens is 438 g/mol. The zero-order chi connectivity index (χ0) is 23.3. The van der Waals surface area contributed by atoms with Gasteiger partial charge in [0, 0.05) is 20.6 Å². The maximum atomic E-state index is 5.73. The van der Waals surface area contributed by atoms with Crippen molar-refractivity contribution in [2.45, 2.75) is 77.0 Å². The second kappa shape index (κ2) is 22.4. The molecule has 0 aliphatic heterocycles. The van der Waals surface area contributed by atoms with Crippen LogP contribution in [0.5, 0.6) is 0 Å². The highest BCUT2D eigenvalue weighted by Crippen LogP contribution is 2.10. The Morgan fingerprint density at radius 2 is 1.12 bits per heavy atom. The van der Waals surface area contributed by atoms with Gasteiger partial charge in [-0.3, -0.25) is 0 Å². The summed E-state index contributed by atoms with van der Waals surface area (Å²) in [7, 11) is 3.77. The molecule has 33 heavy (non-hydrogen) atoms. The van der Waals surface area contributed by atoms with Gasteiger partial charge in [0.05, 0.1) is 0 Å². The summed E-state index contributed by atoms with van der Waals surface area (Å²) in [6.45, 7) is 5.92. The first-order valence-corrected chi connectivity index (χ1v) is 12.7. The summed E-state index contributed by atoms with van der Waals surface area (Å²) in [6, 6.07) is 0. The molecule has 0 aromatic carbocycles. The van der Waals surface area contributed by atoms with Crippen LogP contribution in [0, 0.1) is 0 Å². The van der Waals surface area contributed by atoms with Crippen LogP contribution in [0.15, 0.2) is 0 Å². The molecule has 1 aromatic heterocycles. The van der Waals surface area contributed by atoms with Gasteiger partial charge in [-0.25, -0.2) is 0 Å². The largest absolute Gasteiger partial charge is 0.368 e. The average Bonchev–Trinajstić information content (AvgIpc) is 2.77. The lowest BCUT2D eigenvalue weighted by atomic mass is 10.1. The Morgan fingerprint density at radius 3 is 1.64 bits per heavy atom. The van der Waals surface area contributed by atoms with Gasteiger partial charge in [0.1, 0.15) is 0 Å². The maximum Gasteiger partial charge on any atom is 0.231 e. The van der Waals surface area contributed by atoms with E-state index in [-0.39, 0.29) is 18.4 Å². The van der Waals surface area contributed by atoms with Crippen molar-refractivity contribution in [1.82, 2.24) is 25.6 Å². The average molecular weight is 488 g/mol. The Labute approximate surface area is 208 Å². The minimum atomic E-state index is 0. The van der Waals surface area contributed by atoms with Crippen LogP contribution in [-0.4, -0.2) is 68.3 Å². The number of halogens is 1. The quantitative estimate of drug-likeness (QED) is 0.156. The van der Waals surface area contributed by atoms with Crippen molar-refractivity contribution in [3.8, 4) is 0 Å². The van der Waals surface area contributed by atoms with Crippen molar-refractivity contribution in [2.75, 3.05) is 69.3 Å². The number of anilines is 3. The lowest BCUT2D eigenvalue weighted by Crippen LogP contribution is -2.20. The SMILES string of the molecule is CN(C)c1nc(N)nc(NCCCNCCCCCCCCCCCCNCCCN)n1.Cl. The molecule has 0 saturated heterocycles. The maximum absolute atomic E-state index is 5.73. The topological polar surface area (TPSA) is 130 Å². The van der Waals surface area contributed by atoms with E-state index in [0.717, 1.165) is 52.1 Å². The van der Waals surface area contributed by atoms with Crippen LogP contribution in [-0.2, 0) is 0 Å². The molecule has 1 aromatic rings. The molecule has 0 saturated carbocycles. The number of aromatic nitrogens is 3. The Kier molecular flexibility index (Phi) is 21.4. The Hall–Kier alpha value is -1.42. The summed E-state index contributed by atoms with van der Waals surface area (Å²) < 4.78 is 0. The molecule has 0 spiro atoms. The van der Waals surface area contributed by atoms with E-state index in [0.29, 0.717) is 11.9 Å². The van der Waals surface area contributed by atoms with Gasteiger partial charge in [0.15, 0.2) is 0 Å². The number of hydrogen-bond acceptors (Lipinski definition) is 9. The van der Waals surface area contributed by atoms with Crippen LogP contribution in [0.25, 0.3) is 0 Å². The third-order valence-corrected chi connectivity index (χ3v) is 5.37. The van der Waals surface area contributed by atoms with E-state index in [1.165, 1.54) is 64.2 Å². The third kappa shape index (κ3) is 18.7. The van der Waals surface area contributed by atoms with Crippen LogP contribution in [0.3, 0.4) is 0 Å². The fourth-order valence-corrected chi connectivity index (χ4v) is 3.46. The number of nitrogens with two attached hydrogens (primary N) is 2. The first-order chi connectivity index (χ1) is 15.6. The van der Waals surface area contributed by atoms with Gasteiger partial charge in [0.25, 0.3) is 0 Å². The zero-order valence-electron chi connectivity index (χ0n) is 21.1. The number of nitrogens with zero attached hydrogens (tertiary/aromatic N) is 4. The van der Waals surface area contributed by atoms with Gasteiger partial charge in [-0.15, -0.1) is 12.4 Å². The summed E-state index contributed by atoms with van der Waals surface area (Å²) >= 11 is 0. The summed E-state index contributed by atoms with van der Waals surface area (Å²) in [5.41, 5.74) is 11.2. The van der Waals surface area contributed by atoms with Crippen molar-refractivity contribution < 1.29 is 0 Å². The molecule has 0 bridgehead atoms. The summed E-state index contributed by atoms with van der Waals surface area (Å²) in [4.78, 5) is 14.4. The zero-order valence-corrected chi connectivity index (χ0v) is 21.9. The monoisotopic (exact) mass is 487 g/mol. The number of rotatable bonds is 22. The van der Waals surface area contributed by atoms with E-state index in [9.17, 15) is 0 Å². The van der Waals surface area contributed by atoms with Crippen molar-refractivity contribution in [3.05, 3.63) is 0 Å². The van der Waals surface area contributed by atoms with Gasteiger partial charge < -0.3 is 32.3 Å². The Bertz CT molecular complexity index is 561. The minimum absolute atomic E-state index is 0. The molecular formula is C23H50ClN9. The number of nitrogen functional groups attached to an aromatic ring is 1. The van der Waals surface area contributed by atoms with Crippen LogP contribution >= 0.6 is 12.4 Å². The fourth-order valence-electron chi connectivity index (χ4n) is 3.46. The van der Waals surface area contributed by atoms with Crippen LogP contribution in [0.1, 0.15) is 77.0 Å². The van der Waals surface area contributed by atoms with Crippen molar-refractivity contribution in [1.29, 1.82) is 0 Å². The van der Waals surface area contributed by atoms with E-state index < -0.39 is 0 Å². The molecule has 1 rings (SSSR count). The summed E-state index contributed by atoms with van der Waals surface area (Å²) in [5.74, 6) is 1.35. The normalized spacial score (nSPS) is 10.8. The lowest BCUT2D eigenvalue weighted by molar-refractivity contribution is 0.531. The van der Waals surface area contributed by atoms with Gasteiger partial charge in [-0.2, -0.15) is 15.0 Å². The molecule has 7 N–H and O–H groups in total. The Balaban J connectivity index is 0.0000102. The molecule has 0 unspecified atom stereocenters. The minimum Gasteiger partial charge on any atom is -0.368 e. The number of nitrogens with one attached hydrogen (secondary N) is 3. The molecule has 0 radical (unpaired) electrons. The van der Waals surface area contributed by atoms with E-state index in [1.54, 1.807) is 0 Å². The first kappa shape index (κ1) is 31.6. The standard InChI is InChI=1S/C23H49N9.ClH/c1-32(2)23-30-21(25)29-22(31-23)28-20-14-19-27-17-12-10-8-6-4-3-5-7-9-11-16-26-18-13-15-24;/h26-27H,3-20,24H2,1-2H3,(H3,25,28,29,30,31);1H. The third-order valence-electron chi connectivity index (χ3n) is 5.37. The van der Waals surface area contributed by atoms with Crippen molar-refractivity contribution >= 4 is 30.3 Å². The highest BCUT2D eigenvalue weighted by Gasteiger charge is 2.05. The lowest BCUT2D eigenvalue weighted by Gasteiger charge is -2.12. The van der Waals surface area contributed by atoms with Gasteiger partial charge in [-0.1, -0.05) is 51.4 Å². The van der Waals surface area contributed by atoms with Crippen LogP contribution in [0.4, 0.5) is 17.8 Å². The number of unbranched alkanes of at least 4 members (excludes halogenated alkanes) is 9. The molecule has 0 fully saturated rings. The second-order valence-corrected chi connectivity index (χ2v) is 8.67. The highest BCUT2D eigenvalue weighted by atomic mass is 35.5. The molecule has 10 heteroatoms. The van der Waals surface area contributed by atoms with Crippen molar-refractivity contribution in [3.63, 3.8) is 0 Å². The van der Waals surface area contributed by atoms with Crippen LogP contribution in [0.2, 0.25) is 0 Å². The van der Waals surface area contributed by atoms with E-state index in [4.69, 9.17) is 11.5 Å². The van der Waals surface area contributed by atoms with E-state index >= 15 is 0 Å². The predicted octanol–water partition coefficient (Wildman–Crippen LogP) is 3.17. The smallest absolute Gasteiger partial charge is 0.231 e. The molecule has 0 aliphatic carbocycles. The Morgan fingerprint density at radius 1 is 0.636 bits per heavy atom. The molecule has 0 atom stereocenters. The molecule has 194 valence electrons. The summed E-state index contributed by atoms with van der Waals surface area (Å²) in [5, 5.41) is 10.2. The first-order valence-electron chi connectivity index (χ1n) is 12.7. The molecule has 1 heterocycles. The summed E-state index contributed by atoms with van der Waals surface area (Å²) in [6.07, 6.45) is 15.7. The molecule has 0 aliphatic rings. The fraction of sp³-hybridized carbons (Fsp3) is 0.870. The van der Waals surface area contributed by atoms with Gasteiger partial charge >= 0.3 is 0 Å². The molecule has 9 nitrogen and oxygen atoms in total. The number of hydrogen-bond donors (Lipinski definition) is 5. The highest BCUT2D eigenvalue weighted by molar-refractivity contribution is 5.85. The van der Waals surface area contributed by atoms with Crippen LogP contribution < -0.4 is 32.3 Å². The van der Waals surface area contributed by atoms with E-state index in [2.05, 4.69) is 30.9 Å². The molecule has 0 amide bonds. The predicted molar refractivity (Wildman–Crippen MR) is 145 cm³/mol. The van der Waals surface area contributed by atoms with Gasteiger partial charge in [0.2, 0.25) is 17.8 Å². The second-order valence-electron chi connectivity index (χ2n) is 8.67. The van der Waals surface area contributed by atoms with E-state index in [1.807, 2.05) is 19.0 Å². The van der Waals surface area contributed by atoms with Crippen molar-refractivity contribution in [2.24, 2.45) is 5.73 Å².